The molecule has 1 N–H and O–H groups in total. The molecule has 2 aromatic rings. The molecule has 4 rings (SSSR count). The number of carbonyl (C=O) groups is 3. The van der Waals surface area contributed by atoms with Gasteiger partial charge in [-0.1, -0.05) is 23.4 Å². The van der Waals surface area contributed by atoms with Crippen LogP contribution in [0.2, 0.25) is 0 Å². The van der Waals surface area contributed by atoms with E-state index in [1.165, 1.54) is 19.2 Å². The lowest BCUT2D eigenvalue weighted by Crippen LogP contribution is -2.43. The van der Waals surface area contributed by atoms with Gasteiger partial charge in [-0.3, -0.25) is 19.4 Å². The molecule has 2 aromatic carbocycles. The molecule has 10 nitrogen and oxygen atoms in total. The second-order valence-electron chi connectivity index (χ2n) is 6.66. The first-order valence-corrected chi connectivity index (χ1v) is 9.15. The van der Waals surface area contributed by atoms with Crippen LogP contribution in [-0.2, 0) is 14.4 Å². The molecule has 0 radical (unpaired) electrons. The van der Waals surface area contributed by atoms with E-state index in [9.17, 15) is 14.4 Å². The number of nitrogens with zero attached hydrogens (tertiary/aromatic N) is 4. The molecular weight excluding hydrogens is 390 g/mol. The summed E-state index contributed by atoms with van der Waals surface area (Å²) >= 11 is 0. The lowest BCUT2D eigenvalue weighted by molar-refractivity contribution is -0.123. The molecule has 0 aliphatic carbocycles. The van der Waals surface area contributed by atoms with Gasteiger partial charge < -0.3 is 14.8 Å². The highest BCUT2D eigenvalue weighted by molar-refractivity contribution is 6.25. The van der Waals surface area contributed by atoms with Crippen molar-refractivity contribution in [1.82, 2.24) is 5.01 Å². The third-order valence-electron chi connectivity index (χ3n) is 4.85. The Kier molecular flexibility index (Phi) is 5.05. The van der Waals surface area contributed by atoms with Crippen molar-refractivity contribution in [2.24, 2.45) is 10.3 Å². The molecule has 0 saturated carbocycles. The van der Waals surface area contributed by atoms with Crippen molar-refractivity contribution in [2.45, 2.75) is 12.1 Å². The molecule has 2 aliphatic heterocycles. The SMILES string of the molecule is COc1ccc(NC(=O)CN2N=NC3C(=O)N(c4ccccc4)C(=O)C32)cc1OC. The number of nitrogens with one attached hydrogen (secondary N) is 1. The first kappa shape index (κ1) is 19.4. The molecule has 154 valence electrons. The Morgan fingerprint density at radius 2 is 1.77 bits per heavy atom. The Labute approximate surface area is 172 Å². The van der Waals surface area contributed by atoms with E-state index in [4.69, 9.17) is 9.47 Å². The van der Waals surface area contributed by atoms with Gasteiger partial charge in [-0.25, -0.2) is 4.90 Å². The normalized spacial score (nSPS) is 19.8. The van der Waals surface area contributed by atoms with Gasteiger partial charge in [0.25, 0.3) is 11.8 Å². The number of rotatable bonds is 6. The highest BCUT2D eigenvalue weighted by Gasteiger charge is 2.55. The van der Waals surface area contributed by atoms with Crippen molar-refractivity contribution in [3.63, 3.8) is 0 Å². The summed E-state index contributed by atoms with van der Waals surface area (Å²) in [6, 6.07) is 11.7. The largest absolute Gasteiger partial charge is 0.493 e. The van der Waals surface area contributed by atoms with Crippen molar-refractivity contribution in [1.29, 1.82) is 0 Å². The fraction of sp³-hybridized carbons (Fsp3) is 0.250. The first-order valence-electron chi connectivity index (χ1n) is 9.15. The average molecular weight is 409 g/mol. The highest BCUT2D eigenvalue weighted by atomic mass is 16.5. The number of amides is 3. The zero-order valence-electron chi connectivity index (χ0n) is 16.3. The molecule has 1 fully saturated rings. The van der Waals surface area contributed by atoms with Crippen LogP contribution in [0.1, 0.15) is 0 Å². The van der Waals surface area contributed by atoms with Gasteiger partial charge in [-0.05, 0) is 24.3 Å². The maximum absolute atomic E-state index is 12.9. The molecule has 0 bridgehead atoms. The zero-order chi connectivity index (χ0) is 21.3. The Morgan fingerprint density at radius 3 is 2.47 bits per heavy atom. The van der Waals surface area contributed by atoms with Crippen LogP contribution >= 0.6 is 0 Å². The molecule has 0 spiro atoms. The lowest BCUT2D eigenvalue weighted by atomic mass is 10.1. The monoisotopic (exact) mass is 409 g/mol. The quantitative estimate of drug-likeness (QED) is 0.726. The number of para-hydroxylation sites is 1. The first-order chi connectivity index (χ1) is 14.5. The molecule has 10 heteroatoms. The van der Waals surface area contributed by atoms with Crippen molar-refractivity contribution in [3.05, 3.63) is 48.5 Å². The molecule has 1 saturated heterocycles. The number of methoxy groups -OCH3 is 2. The molecule has 0 aromatic heterocycles. The second kappa shape index (κ2) is 7.82. The van der Waals surface area contributed by atoms with Gasteiger partial charge in [0.05, 0.1) is 19.9 Å². The van der Waals surface area contributed by atoms with E-state index in [1.54, 1.807) is 48.5 Å². The Morgan fingerprint density at radius 1 is 1.03 bits per heavy atom. The molecule has 3 amide bonds. The van der Waals surface area contributed by atoms with E-state index in [1.807, 2.05) is 0 Å². The molecule has 2 heterocycles. The summed E-state index contributed by atoms with van der Waals surface area (Å²) in [5, 5.41) is 11.8. The lowest BCUT2D eigenvalue weighted by Gasteiger charge is -2.20. The van der Waals surface area contributed by atoms with Crippen LogP contribution < -0.4 is 19.7 Å². The Bertz CT molecular complexity index is 1030. The summed E-state index contributed by atoms with van der Waals surface area (Å²) in [6.07, 6.45) is 0. The number of imide groups is 1. The minimum atomic E-state index is -0.952. The summed E-state index contributed by atoms with van der Waals surface area (Å²) in [6.45, 7) is -0.235. The van der Waals surface area contributed by atoms with E-state index < -0.39 is 29.8 Å². The summed E-state index contributed by atoms with van der Waals surface area (Å²) in [5.74, 6) is -0.336. The number of carbonyl (C=O) groups excluding carboxylic acids is 3. The minimum absolute atomic E-state index is 0.235. The number of hydrogen-bond acceptors (Lipinski definition) is 8. The van der Waals surface area contributed by atoms with Gasteiger partial charge in [-0.2, -0.15) is 5.11 Å². The van der Waals surface area contributed by atoms with Crippen LogP contribution in [-0.4, -0.2) is 55.6 Å². The van der Waals surface area contributed by atoms with E-state index >= 15 is 0 Å². The highest BCUT2D eigenvalue weighted by Crippen LogP contribution is 2.32. The minimum Gasteiger partial charge on any atom is -0.493 e. The fourth-order valence-electron chi connectivity index (χ4n) is 3.45. The topological polar surface area (TPSA) is 113 Å². The predicted molar refractivity (Wildman–Crippen MR) is 106 cm³/mol. The standard InChI is InChI=1S/C20H19N5O5/c1-29-14-9-8-12(10-15(14)30-2)21-16(26)11-24-18-17(22-23-24)19(27)25(20(18)28)13-6-4-3-5-7-13/h3-10,17-18H,11H2,1-2H3,(H,21,26). The predicted octanol–water partition coefficient (Wildman–Crippen LogP) is 1.64. The molecule has 2 atom stereocenters. The van der Waals surface area contributed by atoms with Crippen LogP contribution in [0.5, 0.6) is 11.5 Å². The van der Waals surface area contributed by atoms with Gasteiger partial charge >= 0.3 is 0 Å². The molecular formula is C20H19N5O5. The van der Waals surface area contributed by atoms with Crippen molar-refractivity contribution >= 4 is 29.1 Å². The maximum atomic E-state index is 12.9. The number of benzene rings is 2. The average Bonchev–Trinajstić information content (AvgIpc) is 3.28. The zero-order valence-corrected chi connectivity index (χ0v) is 16.3. The van der Waals surface area contributed by atoms with Gasteiger partial charge in [0.1, 0.15) is 6.54 Å². The molecule has 2 unspecified atom stereocenters. The van der Waals surface area contributed by atoms with Gasteiger partial charge in [0, 0.05) is 11.8 Å². The maximum Gasteiger partial charge on any atom is 0.263 e. The van der Waals surface area contributed by atoms with Crippen molar-refractivity contribution < 1.29 is 23.9 Å². The van der Waals surface area contributed by atoms with Crippen molar-refractivity contribution in [3.8, 4) is 11.5 Å². The van der Waals surface area contributed by atoms with Crippen LogP contribution in [0.15, 0.2) is 58.9 Å². The second-order valence-corrected chi connectivity index (χ2v) is 6.66. The van der Waals surface area contributed by atoms with Gasteiger partial charge in [0.2, 0.25) is 5.91 Å². The summed E-state index contributed by atoms with van der Waals surface area (Å²) in [4.78, 5) is 39.1. The molecule has 2 aliphatic rings. The summed E-state index contributed by atoms with van der Waals surface area (Å²) < 4.78 is 10.4. The Balaban J connectivity index is 1.46. The van der Waals surface area contributed by atoms with Crippen LogP contribution in [0.4, 0.5) is 11.4 Å². The van der Waals surface area contributed by atoms with Crippen molar-refractivity contribution in [2.75, 3.05) is 31.0 Å². The number of fused-ring (bicyclic) bond motifs is 1. The van der Waals surface area contributed by atoms with Crippen LogP contribution in [0.25, 0.3) is 0 Å². The van der Waals surface area contributed by atoms with E-state index in [2.05, 4.69) is 15.7 Å². The molecule has 30 heavy (non-hydrogen) atoms. The van der Waals surface area contributed by atoms with E-state index in [0.29, 0.717) is 22.9 Å². The third kappa shape index (κ3) is 3.32. The third-order valence-corrected chi connectivity index (χ3v) is 4.85. The number of ether oxygens (including phenoxy) is 2. The fourth-order valence-corrected chi connectivity index (χ4v) is 3.45. The van der Waals surface area contributed by atoms with Gasteiger partial charge in [0.15, 0.2) is 23.6 Å². The number of hydrogen-bond donors (Lipinski definition) is 1. The Hall–Kier alpha value is -3.95. The van der Waals surface area contributed by atoms with E-state index in [0.717, 1.165) is 4.90 Å². The summed E-state index contributed by atoms with van der Waals surface area (Å²) in [5.41, 5.74) is 0.955. The summed E-state index contributed by atoms with van der Waals surface area (Å²) in [7, 11) is 3.01. The van der Waals surface area contributed by atoms with Crippen LogP contribution in [0, 0.1) is 0 Å². The van der Waals surface area contributed by atoms with Gasteiger partial charge in [-0.15, -0.1) is 0 Å². The van der Waals surface area contributed by atoms with Crippen LogP contribution in [0.3, 0.4) is 0 Å². The van der Waals surface area contributed by atoms with E-state index in [-0.39, 0.29) is 6.54 Å². The smallest absolute Gasteiger partial charge is 0.263 e. The number of anilines is 2.